The zero-order valence-electron chi connectivity index (χ0n) is 17.3. The Balaban J connectivity index is 1.31. The van der Waals surface area contributed by atoms with E-state index >= 15 is 0 Å². The lowest BCUT2D eigenvalue weighted by molar-refractivity contribution is -0.158. The Hall–Kier alpha value is -1.55. The molecule has 31 heavy (non-hydrogen) atoms. The van der Waals surface area contributed by atoms with Crippen LogP contribution in [0.4, 0.5) is 0 Å². The smallest absolute Gasteiger partial charge is 0.222 e. The molecule has 7 nitrogen and oxygen atoms in total. The van der Waals surface area contributed by atoms with Gasteiger partial charge in [0, 0.05) is 35.7 Å². The van der Waals surface area contributed by atoms with E-state index in [0.29, 0.717) is 37.7 Å². The van der Waals surface area contributed by atoms with E-state index in [4.69, 9.17) is 21.1 Å². The predicted octanol–water partition coefficient (Wildman–Crippen LogP) is 2.61. The number of ether oxygens (including phenoxy) is 2. The van der Waals surface area contributed by atoms with Gasteiger partial charge in [-0.05, 0) is 30.5 Å². The van der Waals surface area contributed by atoms with Gasteiger partial charge in [0.05, 0.1) is 44.5 Å². The van der Waals surface area contributed by atoms with Crippen LogP contribution < -0.4 is 5.32 Å². The molecule has 1 aromatic heterocycles. The van der Waals surface area contributed by atoms with Crippen molar-refractivity contribution in [1.82, 2.24) is 15.2 Å². The predicted molar refractivity (Wildman–Crippen MR) is 119 cm³/mol. The molecule has 0 bridgehead atoms. The van der Waals surface area contributed by atoms with E-state index in [2.05, 4.69) is 15.2 Å². The van der Waals surface area contributed by atoms with Gasteiger partial charge in [0.15, 0.2) is 0 Å². The molecule has 2 N–H and O–H groups in total. The molecule has 168 valence electrons. The first-order valence-electron chi connectivity index (χ1n) is 10.6. The summed E-state index contributed by atoms with van der Waals surface area (Å²) < 4.78 is 12.0. The third-order valence-electron chi connectivity index (χ3n) is 5.73. The highest BCUT2D eigenvalue weighted by Crippen LogP contribution is 2.29. The van der Waals surface area contributed by atoms with E-state index in [-0.39, 0.29) is 30.8 Å². The number of fused-ring (bicyclic) bond motifs is 1. The highest BCUT2D eigenvalue weighted by Gasteiger charge is 2.38. The largest absolute Gasteiger partial charge is 0.389 e. The molecule has 2 saturated heterocycles. The van der Waals surface area contributed by atoms with Crippen LogP contribution in [0.2, 0.25) is 5.02 Å². The van der Waals surface area contributed by atoms with Crippen LogP contribution in [0.5, 0.6) is 0 Å². The number of amides is 1. The molecular formula is C22H28ClN3O4S. The SMILES string of the molecule is O=C(C[C@@H]1CC[C@H]2[C@@H](COC[C@H](O)CN2Cc2nccs2)O1)NCc1ccc(Cl)cc1. The number of β-amino-alcohol motifs (C(OH)–C–C–N with tert-alkyl or cyclic N) is 1. The summed E-state index contributed by atoms with van der Waals surface area (Å²) in [7, 11) is 0. The number of carbonyl (C=O) groups is 1. The lowest BCUT2D eigenvalue weighted by Gasteiger charge is -2.44. The van der Waals surface area contributed by atoms with E-state index in [9.17, 15) is 9.90 Å². The van der Waals surface area contributed by atoms with Crippen molar-refractivity contribution in [2.75, 3.05) is 19.8 Å². The molecule has 1 aromatic carbocycles. The lowest BCUT2D eigenvalue weighted by atomic mass is 9.94. The van der Waals surface area contributed by atoms with Crippen molar-refractivity contribution in [1.29, 1.82) is 0 Å². The van der Waals surface area contributed by atoms with Gasteiger partial charge in [0.1, 0.15) is 5.01 Å². The van der Waals surface area contributed by atoms with E-state index in [0.717, 1.165) is 23.4 Å². The van der Waals surface area contributed by atoms with Crippen LogP contribution in [0, 0.1) is 0 Å². The molecular weight excluding hydrogens is 438 g/mol. The van der Waals surface area contributed by atoms with Gasteiger partial charge in [-0.15, -0.1) is 11.3 Å². The molecule has 3 heterocycles. The first-order chi connectivity index (χ1) is 15.1. The summed E-state index contributed by atoms with van der Waals surface area (Å²) in [5, 5.41) is 16.9. The van der Waals surface area contributed by atoms with Gasteiger partial charge in [0.25, 0.3) is 0 Å². The number of rotatable bonds is 6. The topological polar surface area (TPSA) is 83.9 Å². The van der Waals surface area contributed by atoms with Crippen LogP contribution in [0.3, 0.4) is 0 Å². The fraction of sp³-hybridized carbons (Fsp3) is 0.545. The fourth-order valence-electron chi connectivity index (χ4n) is 4.21. The Morgan fingerprint density at radius 3 is 2.90 bits per heavy atom. The van der Waals surface area contributed by atoms with Gasteiger partial charge in [-0.2, -0.15) is 0 Å². The molecule has 2 aromatic rings. The minimum atomic E-state index is -0.530. The summed E-state index contributed by atoms with van der Waals surface area (Å²) in [6, 6.07) is 7.57. The zero-order valence-corrected chi connectivity index (χ0v) is 18.9. The Morgan fingerprint density at radius 2 is 2.13 bits per heavy atom. The van der Waals surface area contributed by atoms with Crippen molar-refractivity contribution in [3.63, 3.8) is 0 Å². The molecule has 4 rings (SSSR count). The number of benzene rings is 1. The minimum absolute atomic E-state index is 0.0276. The van der Waals surface area contributed by atoms with Crippen LogP contribution >= 0.6 is 22.9 Å². The second-order valence-corrected chi connectivity index (χ2v) is 9.51. The summed E-state index contributed by atoms with van der Waals surface area (Å²) in [6.07, 6.45) is 3.01. The number of hydrogen-bond acceptors (Lipinski definition) is 7. The maximum absolute atomic E-state index is 12.5. The number of nitrogens with one attached hydrogen (secondary N) is 1. The third-order valence-corrected chi connectivity index (χ3v) is 6.74. The van der Waals surface area contributed by atoms with Crippen LogP contribution in [0.15, 0.2) is 35.8 Å². The van der Waals surface area contributed by atoms with Crippen molar-refractivity contribution in [3.05, 3.63) is 51.4 Å². The molecule has 9 heteroatoms. The summed E-state index contributed by atoms with van der Waals surface area (Å²) >= 11 is 7.52. The van der Waals surface area contributed by atoms with Crippen molar-refractivity contribution in [3.8, 4) is 0 Å². The van der Waals surface area contributed by atoms with Crippen molar-refractivity contribution in [2.24, 2.45) is 0 Å². The fourth-order valence-corrected chi connectivity index (χ4v) is 4.98. The minimum Gasteiger partial charge on any atom is -0.389 e. The van der Waals surface area contributed by atoms with Crippen LogP contribution in [-0.2, 0) is 27.4 Å². The summed E-state index contributed by atoms with van der Waals surface area (Å²) in [5.41, 5.74) is 1.01. The molecule has 0 radical (unpaired) electrons. The number of nitrogens with zero attached hydrogens (tertiary/aromatic N) is 2. The quantitative estimate of drug-likeness (QED) is 0.682. The number of aliphatic hydroxyl groups excluding tert-OH is 1. The van der Waals surface area contributed by atoms with Crippen molar-refractivity contribution in [2.45, 2.75) is 56.7 Å². The molecule has 2 aliphatic rings. The molecule has 0 saturated carbocycles. The van der Waals surface area contributed by atoms with Gasteiger partial charge in [-0.25, -0.2) is 4.98 Å². The van der Waals surface area contributed by atoms with Gasteiger partial charge in [-0.1, -0.05) is 23.7 Å². The van der Waals surface area contributed by atoms with E-state index in [1.165, 1.54) is 0 Å². The number of halogens is 1. The number of aliphatic hydroxyl groups is 1. The summed E-state index contributed by atoms with van der Waals surface area (Å²) in [5.74, 6) is -0.0276. The molecule has 4 atom stereocenters. The average molecular weight is 466 g/mol. The highest BCUT2D eigenvalue weighted by molar-refractivity contribution is 7.09. The zero-order chi connectivity index (χ0) is 21.6. The molecule has 0 spiro atoms. The lowest BCUT2D eigenvalue weighted by Crippen LogP contribution is -2.55. The number of carbonyl (C=O) groups excluding carboxylic acids is 1. The Kier molecular flexibility index (Phi) is 7.92. The average Bonchev–Trinajstić information content (AvgIpc) is 3.25. The van der Waals surface area contributed by atoms with Gasteiger partial charge in [0.2, 0.25) is 5.91 Å². The summed E-state index contributed by atoms with van der Waals surface area (Å²) in [6.45, 7) is 2.38. The number of thiazole rings is 1. The standard InChI is InChI=1S/C22H28ClN3O4S/c23-16-3-1-15(2-4-16)10-25-21(28)9-18-5-6-19-20(30-18)14-29-13-17(27)11-26(19)12-22-24-7-8-31-22/h1-4,7-8,17-20,27H,5-6,9-14H2,(H,25,28)/t17-,18+,19+,20-/m1/s1. The van der Waals surface area contributed by atoms with Gasteiger partial charge in [-0.3, -0.25) is 9.69 Å². The monoisotopic (exact) mass is 465 g/mol. The Bertz CT molecular complexity index is 836. The molecule has 2 fully saturated rings. The van der Waals surface area contributed by atoms with E-state index < -0.39 is 6.10 Å². The first kappa shape index (κ1) is 22.6. The maximum Gasteiger partial charge on any atom is 0.222 e. The van der Waals surface area contributed by atoms with Crippen LogP contribution in [0.25, 0.3) is 0 Å². The normalized spacial score (nSPS) is 27.2. The second kappa shape index (κ2) is 10.8. The van der Waals surface area contributed by atoms with Gasteiger partial charge >= 0.3 is 0 Å². The third kappa shape index (κ3) is 6.47. The maximum atomic E-state index is 12.5. The Morgan fingerprint density at radius 1 is 1.29 bits per heavy atom. The number of hydrogen-bond donors (Lipinski definition) is 2. The van der Waals surface area contributed by atoms with Crippen molar-refractivity contribution < 1.29 is 19.4 Å². The highest BCUT2D eigenvalue weighted by atomic mass is 35.5. The van der Waals surface area contributed by atoms with Gasteiger partial charge < -0.3 is 19.9 Å². The van der Waals surface area contributed by atoms with Crippen molar-refractivity contribution >= 4 is 28.8 Å². The van der Waals surface area contributed by atoms with E-state index in [1.807, 2.05) is 29.6 Å². The second-order valence-electron chi connectivity index (χ2n) is 8.10. The van der Waals surface area contributed by atoms with E-state index in [1.54, 1.807) is 17.5 Å². The molecule has 2 aliphatic heterocycles. The Labute approximate surface area is 191 Å². The van der Waals surface area contributed by atoms with Crippen LogP contribution in [-0.4, -0.2) is 65.0 Å². The number of aromatic nitrogens is 1. The summed E-state index contributed by atoms with van der Waals surface area (Å²) in [4.78, 5) is 19.1. The molecule has 1 amide bonds. The van der Waals surface area contributed by atoms with Crippen LogP contribution in [0.1, 0.15) is 29.8 Å². The molecule has 0 aliphatic carbocycles. The molecule has 0 unspecified atom stereocenters. The first-order valence-corrected chi connectivity index (χ1v) is 11.9.